The molecule has 1 saturated heterocycles. The lowest BCUT2D eigenvalue weighted by Gasteiger charge is -2.27. The molecule has 8 nitrogen and oxygen atoms in total. The van der Waals surface area contributed by atoms with Gasteiger partial charge in [-0.2, -0.15) is 0 Å². The van der Waals surface area contributed by atoms with Crippen molar-refractivity contribution in [3.8, 4) is 5.75 Å². The molecule has 3 heterocycles. The Balaban J connectivity index is 1.83. The number of aromatic nitrogens is 2. The number of pyridine rings is 1. The van der Waals surface area contributed by atoms with E-state index < -0.39 is 17.7 Å². The Bertz CT molecular complexity index is 1290. The van der Waals surface area contributed by atoms with E-state index in [1.807, 2.05) is 49.4 Å². The normalized spacial score (nSPS) is 17.5. The van der Waals surface area contributed by atoms with Gasteiger partial charge in [-0.15, -0.1) is 0 Å². The molecule has 0 bridgehead atoms. The van der Waals surface area contributed by atoms with Gasteiger partial charge < -0.3 is 19.6 Å². The number of imidazole rings is 1. The molecule has 0 aliphatic carbocycles. The first-order valence-corrected chi connectivity index (χ1v) is 12.6. The Hall–Kier alpha value is -3.65. The monoisotopic (exact) mass is 490 g/mol. The van der Waals surface area contributed by atoms with E-state index in [9.17, 15) is 14.7 Å². The lowest BCUT2D eigenvalue weighted by molar-refractivity contribution is -0.140. The van der Waals surface area contributed by atoms with Crippen LogP contribution in [0.4, 0.5) is 0 Å². The number of hydrogen-bond acceptors (Lipinski definition) is 6. The maximum atomic E-state index is 13.4. The standard InChI is InChI=1S/C28H34N4O4/c1-5-30(6-2)15-11-17-32-25(20-12-10-13-21(18-20)36-7-3)23(27(34)28(32)35)26(33)24-19(4)29-22-14-8-9-16-31(22)24/h8-10,12-14,16,18,25,33H,5-7,11,15,17H2,1-4H3. The Morgan fingerprint density at radius 3 is 2.61 bits per heavy atom. The minimum absolute atomic E-state index is 0.0743. The molecule has 4 rings (SSSR count). The largest absolute Gasteiger partial charge is 0.505 e. The van der Waals surface area contributed by atoms with Crippen LogP contribution in [0.15, 0.2) is 54.2 Å². The second-order valence-corrected chi connectivity index (χ2v) is 8.85. The molecule has 3 aromatic rings. The summed E-state index contributed by atoms with van der Waals surface area (Å²) in [6.07, 6.45) is 2.50. The summed E-state index contributed by atoms with van der Waals surface area (Å²) in [4.78, 5) is 35.1. The van der Waals surface area contributed by atoms with E-state index >= 15 is 0 Å². The van der Waals surface area contributed by atoms with Crippen molar-refractivity contribution in [2.75, 3.05) is 32.8 Å². The molecule has 36 heavy (non-hydrogen) atoms. The van der Waals surface area contributed by atoms with E-state index in [4.69, 9.17) is 4.74 Å². The number of ketones is 1. The molecule has 1 unspecified atom stereocenters. The van der Waals surface area contributed by atoms with Crippen molar-refractivity contribution in [1.82, 2.24) is 19.2 Å². The van der Waals surface area contributed by atoms with Gasteiger partial charge in [0.1, 0.15) is 17.1 Å². The molecular formula is C28H34N4O4. The average molecular weight is 491 g/mol. The fourth-order valence-electron chi connectivity index (χ4n) is 4.93. The van der Waals surface area contributed by atoms with Crippen molar-refractivity contribution >= 4 is 23.1 Å². The number of likely N-dealkylation sites (tertiary alicyclic amines) is 1. The highest BCUT2D eigenvalue weighted by Gasteiger charge is 2.46. The molecule has 1 N–H and O–H groups in total. The quantitative estimate of drug-likeness (QED) is 0.260. The summed E-state index contributed by atoms with van der Waals surface area (Å²) in [5, 5.41) is 11.6. The molecule has 1 aromatic carbocycles. The first-order chi connectivity index (χ1) is 17.4. The van der Waals surface area contributed by atoms with Crippen molar-refractivity contribution in [3.63, 3.8) is 0 Å². The summed E-state index contributed by atoms with van der Waals surface area (Å²) in [5.74, 6) is -0.862. The van der Waals surface area contributed by atoms with E-state index in [0.717, 1.165) is 25.2 Å². The number of aryl methyl sites for hydroxylation is 1. The summed E-state index contributed by atoms with van der Waals surface area (Å²) >= 11 is 0. The maximum Gasteiger partial charge on any atom is 0.295 e. The van der Waals surface area contributed by atoms with Crippen LogP contribution in [-0.2, 0) is 9.59 Å². The van der Waals surface area contributed by atoms with Gasteiger partial charge in [0.15, 0.2) is 5.76 Å². The third-order valence-corrected chi connectivity index (χ3v) is 6.72. The highest BCUT2D eigenvalue weighted by molar-refractivity contribution is 6.46. The number of amides is 1. The molecule has 1 fully saturated rings. The number of nitrogens with zero attached hydrogens (tertiary/aromatic N) is 4. The molecule has 1 aliphatic heterocycles. The minimum Gasteiger partial charge on any atom is -0.505 e. The summed E-state index contributed by atoms with van der Waals surface area (Å²) in [7, 11) is 0. The van der Waals surface area contributed by atoms with Crippen molar-refractivity contribution in [1.29, 1.82) is 0 Å². The van der Waals surface area contributed by atoms with Crippen LogP contribution in [0.3, 0.4) is 0 Å². The number of hydrogen-bond donors (Lipinski definition) is 1. The highest BCUT2D eigenvalue weighted by Crippen LogP contribution is 2.40. The number of Topliss-reactive ketones (excluding diaryl/α,β-unsaturated/α-hetero) is 1. The number of aliphatic hydroxyl groups is 1. The molecule has 0 radical (unpaired) electrons. The van der Waals surface area contributed by atoms with Gasteiger partial charge in [0.05, 0.1) is 23.9 Å². The molecule has 0 spiro atoms. The molecule has 8 heteroatoms. The topological polar surface area (TPSA) is 87.4 Å². The van der Waals surface area contributed by atoms with Gasteiger partial charge in [-0.3, -0.25) is 14.0 Å². The number of fused-ring (bicyclic) bond motifs is 1. The first kappa shape index (κ1) is 25.4. The van der Waals surface area contributed by atoms with Crippen LogP contribution in [0.5, 0.6) is 5.75 Å². The van der Waals surface area contributed by atoms with E-state index in [1.54, 1.807) is 22.4 Å². The lowest BCUT2D eigenvalue weighted by atomic mass is 9.96. The molecule has 2 aromatic heterocycles. The summed E-state index contributed by atoms with van der Waals surface area (Å²) < 4.78 is 7.44. The smallest absolute Gasteiger partial charge is 0.295 e. The zero-order chi connectivity index (χ0) is 25.8. The third-order valence-electron chi connectivity index (χ3n) is 6.72. The lowest BCUT2D eigenvalue weighted by Crippen LogP contribution is -2.33. The van der Waals surface area contributed by atoms with Crippen LogP contribution in [0.2, 0.25) is 0 Å². The molecule has 1 amide bonds. The summed E-state index contributed by atoms with van der Waals surface area (Å²) in [5.41, 5.74) is 2.44. The molecule has 1 aliphatic rings. The second kappa shape index (κ2) is 11.0. The van der Waals surface area contributed by atoms with Gasteiger partial charge in [-0.25, -0.2) is 4.98 Å². The van der Waals surface area contributed by atoms with Crippen LogP contribution in [0.25, 0.3) is 11.4 Å². The SMILES string of the molecule is CCOc1cccc(C2C(=C(O)c3c(C)nc4ccccn34)C(=O)C(=O)N2CCCN(CC)CC)c1. The van der Waals surface area contributed by atoms with Gasteiger partial charge >= 0.3 is 0 Å². The third kappa shape index (κ3) is 4.73. The molecule has 1 atom stereocenters. The fraction of sp³-hybridized carbons (Fsp3) is 0.393. The van der Waals surface area contributed by atoms with Crippen molar-refractivity contribution < 1.29 is 19.4 Å². The molecule has 190 valence electrons. The number of benzene rings is 1. The molecule has 0 saturated carbocycles. The number of ether oxygens (including phenoxy) is 1. The first-order valence-electron chi connectivity index (χ1n) is 12.6. The van der Waals surface area contributed by atoms with Crippen molar-refractivity contribution in [3.05, 3.63) is 71.2 Å². The van der Waals surface area contributed by atoms with Gasteiger partial charge in [-0.05, 0) is 69.7 Å². The summed E-state index contributed by atoms with van der Waals surface area (Å²) in [6, 6.07) is 12.2. The van der Waals surface area contributed by atoms with Crippen molar-refractivity contribution in [2.45, 2.75) is 40.2 Å². The van der Waals surface area contributed by atoms with E-state index in [1.165, 1.54) is 0 Å². The van der Waals surface area contributed by atoms with Crippen LogP contribution in [-0.4, -0.2) is 68.8 Å². The van der Waals surface area contributed by atoms with Crippen LogP contribution in [0.1, 0.15) is 50.2 Å². The van der Waals surface area contributed by atoms with Crippen LogP contribution in [0, 0.1) is 6.92 Å². The van der Waals surface area contributed by atoms with Crippen LogP contribution < -0.4 is 4.74 Å². The highest BCUT2D eigenvalue weighted by atomic mass is 16.5. The Morgan fingerprint density at radius 1 is 1.11 bits per heavy atom. The predicted molar refractivity (Wildman–Crippen MR) is 139 cm³/mol. The van der Waals surface area contributed by atoms with Gasteiger partial charge in [-0.1, -0.05) is 32.0 Å². The maximum absolute atomic E-state index is 13.4. The van der Waals surface area contributed by atoms with E-state index in [0.29, 0.717) is 42.4 Å². The van der Waals surface area contributed by atoms with E-state index in [2.05, 4.69) is 23.7 Å². The number of carbonyl (C=O) groups is 2. The Morgan fingerprint density at radius 2 is 1.89 bits per heavy atom. The zero-order valence-corrected chi connectivity index (χ0v) is 21.4. The van der Waals surface area contributed by atoms with Gasteiger partial charge in [0.2, 0.25) is 0 Å². The van der Waals surface area contributed by atoms with Crippen LogP contribution >= 0.6 is 0 Å². The Labute approximate surface area is 211 Å². The second-order valence-electron chi connectivity index (χ2n) is 8.85. The number of rotatable bonds is 10. The number of aliphatic hydroxyl groups excluding tert-OH is 1. The van der Waals surface area contributed by atoms with Gasteiger partial charge in [0, 0.05) is 12.7 Å². The summed E-state index contributed by atoms with van der Waals surface area (Å²) in [6.45, 7) is 11.4. The van der Waals surface area contributed by atoms with Gasteiger partial charge in [0.25, 0.3) is 11.7 Å². The fourth-order valence-corrected chi connectivity index (χ4v) is 4.93. The van der Waals surface area contributed by atoms with Crippen molar-refractivity contribution in [2.24, 2.45) is 0 Å². The molecular weight excluding hydrogens is 456 g/mol. The number of carbonyl (C=O) groups excluding carboxylic acids is 2. The average Bonchev–Trinajstić information content (AvgIpc) is 3.35. The predicted octanol–water partition coefficient (Wildman–Crippen LogP) is 4.20. The Kier molecular flexibility index (Phi) is 7.74. The zero-order valence-electron chi connectivity index (χ0n) is 21.4. The van der Waals surface area contributed by atoms with E-state index in [-0.39, 0.29) is 11.3 Å². The minimum atomic E-state index is -0.726.